The molecule has 1 aromatic rings. The molecule has 0 saturated heterocycles. The molecule has 0 aliphatic heterocycles. The Kier molecular flexibility index (Phi) is 5.14. The molecule has 0 atom stereocenters. The minimum absolute atomic E-state index is 0.354. The van der Waals surface area contributed by atoms with Crippen LogP contribution in [0, 0.1) is 0 Å². The zero-order valence-electron chi connectivity index (χ0n) is 13.3. The van der Waals surface area contributed by atoms with Crippen LogP contribution in [0.25, 0.3) is 0 Å². The fourth-order valence-electron chi connectivity index (χ4n) is 2.74. The molecule has 2 aliphatic carbocycles. The van der Waals surface area contributed by atoms with Crippen LogP contribution in [0.4, 0.5) is 0 Å². The van der Waals surface area contributed by atoms with Crippen molar-refractivity contribution >= 4 is 5.96 Å². The number of aliphatic imine (C=N–C) groups is 1. The predicted octanol–water partition coefficient (Wildman–Crippen LogP) is 2.62. The van der Waals surface area contributed by atoms with E-state index < -0.39 is 0 Å². The number of hydrogen-bond donors (Lipinski definition) is 2. The van der Waals surface area contributed by atoms with Crippen LogP contribution in [-0.4, -0.2) is 30.1 Å². The minimum atomic E-state index is 0.354. The zero-order chi connectivity index (χ0) is 15.2. The molecule has 2 N–H and O–H groups in total. The van der Waals surface area contributed by atoms with Gasteiger partial charge in [0.2, 0.25) is 5.88 Å². The molecular formula is C17H26N4O. The highest BCUT2D eigenvalue weighted by molar-refractivity contribution is 5.80. The predicted molar refractivity (Wildman–Crippen MR) is 88.1 cm³/mol. The Morgan fingerprint density at radius 3 is 2.68 bits per heavy atom. The van der Waals surface area contributed by atoms with Crippen LogP contribution in [0.5, 0.6) is 5.88 Å². The van der Waals surface area contributed by atoms with Crippen molar-refractivity contribution in [2.24, 2.45) is 4.99 Å². The van der Waals surface area contributed by atoms with Crippen LogP contribution in [0.3, 0.4) is 0 Å². The summed E-state index contributed by atoms with van der Waals surface area (Å²) in [5.41, 5.74) is 1.13. The normalized spacial score (nSPS) is 19.8. The Labute approximate surface area is 132 Å². The molecule has 5 heteroatoms. The van der Waals surface area contributed by atoms with Gasteiger partial charge >= 0.3 is 0 Å². The van der Waals surface area contributed by atoms with Gasteiger partial charge in [-0.2, -0.15) is 0 Å². The number of nitrogens with zero attached hydrogens (tertiary/aromatic N) is 2. The Morgan fingerprint density at radius 2 is 2.05 bits per heavy atom. The number of nitrogens with one attached hydrogen (secondary N) is 2. The number of ether oxygens (including phenoxy) is 1. The van der Waals surface area contributed by atoms with Crippen LogP contribution < -0.4 is 15.4 Å². The van der Waals surface area contributed by atoms with E-state index in [-0.39, 0.29) is 0 Å². The average Bonchev–Trinajstić information content (AvgIpc) is 3.38. The SMILES string of the molecule is CN=C(NCc1ccc(OC2CCCCC2)nc1)NC1CC1. The molecule has 2 fully saturated rings. The lowest BCUT2D eigenvalue weighted by molar-refractivity contribution is 0.148. The Balaban J connectivity index is 1.46. The molecule has 0 unspecified atom stereocenters. The summed E-state index contributed by atoms with van der Waals surface area (Å²) in [6.45, 7) is 0.725. The smallest absolute Gasteiger partial charge is 0.213 e. The summed E-state index contributed by atoms with van der Waals surface area (Å²) in [6.07, 6.45) is 10.9. The fourth-order valence-corrected chi connectivity index (χ4v) is 2.74. The molecule has 120 valence electrons. The first-order valence-corrected chi connectivity index (χ1v) is 8.42. The summed E-state index contributed by atoms with van der Waals surface area (Å²) < 4.78 is 5.95. The number of pyridine rings is 1. The van der Waals surface area contributed by atoms with Crippen molar-refractivity contribution < 1.29 is 4.74 Å². The number of hydrogen-bond acceptors (Lipinski definition) is 3. The monoisotopic (exact) mass is 302 g/mol. The third kappa shape index (κ3) is 4.61. The van der Waals surface area contributed by atoms with Crippen LogP contribution >= 0.6 is 0 Å². The summed E-state index contributed by atoms with van der Waals surface area (Å²) >= 11 is 0. The second-order valence-electron chi connectivity index (χ2n) is 6.23. The third-order valence-corrected chi connectivity index (χ3v) is 4.24. The van der Waals surface area contributed by atoms with Crippen LogP contribution in [0.2, 0.25) is 0 Å². The molecular weight excluding hydrogens is 276 g/mol. The average molecular weight is 302 g/mol. The summed E-state index contributed by atoms with van der Waals surface area (Å²) in [4.78, 5) is 8.65. The maximum Gasteiger partial charge on any atom is 0.213 e. The first kappa shape index (κ1) is 15.1. The van der Waals surface area contributed by atoms with E-state index in [0.29, 0.717) is 12.1 Å². The molecule has 3 rings (SSSR count). The summed E-state index contributed by atoms with van der Waals surface area (Å²) in [5.74, 6) is 1.61. The summed E-state index contributed by atoms with van der Waals surface area (Å²) in [7, 11) is 1.80. The van der Waals surface area contributed by atoms with E-state index in [4.69, 9.17) is 4.74 Å². The number of aromatic nitrogens is 1. The molecule has 0 bridgehead atoms. The van der Waals surface area contributed by atoms with Gasteiger partial charge in [-0.15, -0.1) is 0 Å². The van der Waals surface area contributed by atoms with Gasteiger partial charge in [0.05, 0.1) is 0 Å². The largest absolute Gasteiger partial charge is 0.474 e. The highest BCUT2D eigenvalue weighted by atomic mass is 16.5. The van der Waals surface area contributed by atoms with Gasteiger partial charge in [0.25, 0.3) is 0 Å². The Hall–Kier alpha value is -1.78. The van der Waals surface area contributed by atoms with Crippen molar-refractivity contribution in [3.63, 3.8) is 0 Å². The molecule has 1 heterocycles. The van der Waals surface area contributed by atoms with Gasteiger partial charge in [0.15, 0.2) is 5.96 Å². The maximum atomic E-state index is 5.95. The van der Waals surface area contributed by atoms with Gasteiger partial charge in [0.1, 0.15) is 6.10 Å². The lowest BCUT2D eigenvalue weighted by atomic mass is 9.98. The van der Waals surface area contributed by atoms with Gasteiger partial charge in [-0.25, -0.2) is 4.98 Å². The van der Waals surface area contributed by atoms with E-state index >= 15 is 0 Å². The molecule has 0 amide bonds. The van der Waals surface area contributed by atoms with E-state index in [2.05, 4.69) is 26.7 Å². The van der Waals surface area contributed by atoms with E-state index in [1.165, 1.54) is 32.1 Å². The van der Waals surface area contributed by atoms with Crippen molar-refractivity contribution in [2.75, 3.05) is 7.05 Å². The van der Waals surface area contributed by atoms with E-state index in [9.17, 15) is 0 Å². The number of guanidine groups is 1. The molecule has 2 aliphatic rings. The van der Waals surface area contributed by atoms with Crippen LogP contribution in [0.1, 0.15) is 50.5 Å². The van der Waals surface area contributed by atoms with Crippen molar-refractivity contribution in [1.82, 2.24) is 15.6 Å². The van der Waals surface area contributed by atoms with Crippen molar-refractivity contribution in [3.05, 3.63) is 23.9 Å². The zero-order valence-corrected chi connectivity index (χ0v) is 13.3. The van der Waals surface area contributed by atoms with E-state index in [1.54, 1.807) is 7.05 Å². The molecule has 0 aromatic carbocycles. The molecule has 22 heavy (non-hydrogen) atoms. The van der Waals surface area contributed by atoms with E-state index in [1.807, 2.05) is 12.3 Å². The molecule has 2 saturated carbocycles. The first-order valence-electron chi connectivity index (χ1n) is 8.42. The van der Waals surface area contributed by atoms with E-state index in [0.717, 1.165) is 36.8 Å². The van der Waals surface area contributed by atoms with Gasteiger partial charge in [-0.3, -0.25) is 4.99 Å². The second-order valence-corrected chi connectivity index (χ2v) is 6.23. The standard InChI is InChI=1S/C17H26N4O/c1-18-17(21-14-8-9-14)20-12-13-7-10-16(19-11-13)22-15-5-3-2-4-6-15/h7,10-11,14-15H,2-6,8-9,12H2,1H3,(H2,18,20,21). The highest BCUT2D eigenvalue weighted by Crippen LogP contribution is 2.22. The number of rotatable bonds is 5. The molecule has 0 radical (unpaired) electrons. The van der Waals surface area contributed by atoms with Gasteiger partial charge < -0.3 is 15.4 Å². The van der Waals surface area contributed by atoms with Crippen molar-refractivity contribution in [1.29, 1.82) is 0 Å². The topological polar surface area (TPSA) is 58.5 Å². The molecule has 5 nitrogen and oxygen atoms in total. The van der Waals surface area contributed by atoms with Gasteiger partial charge in [-0.1, -0.05) is 12.5 Å². The van der Waals surface area contributed by atoms with Crippen molar-refractivity contribution in [3.8, 4) is 5.88 Å². The first-order chi connectivity index (χ1) is 10.8. The van der Waals surface area contributed by atoms with Crippen LogP contribution in [-0.2, 0) is 6.54 Å². The maximum absolute atomic E-state index is 5.95. The fraction of sp³-hybridized carbons (Fsp3) is 0.647. The Bertz CT molecular complexity index is 490. The Morgan fingerprint density at radius 1 is 1.23 bits per heavy atom. The minimum Gasteiger partial charge on any atom is -0.474 e. The van der Waals surface area contributed by atoms with Crippen molar-refractivity contribution in [2.45, 2.75) is 63.6 Å². The summed E-state index contributed by atoms with van der Waals surface area (Å²) in [6, 6.07) is 4.65. The second kappa shape index (κ2) is 7.47. The van der Waals surface area contributed by atoms with Gasteiger partial charge in [0, 0.05) is 31.9 Å². The highest BCUT2D eigenvalue weighted by Gasteiger charge is 2.22. The summed E-state index contributed by atoms with van der Waals surface area (Å²) in [5, 5.41) is 6.69. The molecule has 1 aromatic heterocycles. The third-order valence-electron chi connectivity index (χ3n) is 4.24. The lowest BCUT2D eigenvalue weighted by Crippen LogP contribution is -2.38. The lowest BCUT2D eigenvalue weighted by Gasteiger charge is -2.22. The molecule has 0 spiro atoms. The quantitative estimate of drug-likeness (QED) is 0.648. The van der Waals surface area contributed by atoms with Gasteiger partial charge in [-0.05, 0) is 44.1 Å². The van der Waals surface area contributed by atoms with Crippen LogP contribution in [0.15, 0.2) is 23.3 Å².